The molecule has 1 aromatic heterocycles. The molecular formula is C9H10N4O2S. The van der Waals surface area contributed by atoms with Crippen LogP contribution in [0.1, 0.15) is 0 Å². The third-order valence-corrected chi connectivity index (χ3v) is 2.97. The number of aromatic nitrogens is 2. The second kappa shape index (κ2) is 3.62. The molecule has 2 aromatic rings. The van der Waals surface area contributed by atoms with Crippen molar-refractivity contribution in [1.29, 1.82) is 0 Å². The minimum absolute atomic E-state index is 0.0661. The van der Waals surface area contributed by atoms with Crippen molar-refractivity contribution in [2.75, 3.05) is 5.73 Å². The van der Waals surface area contributed by atoms with Crippen molar-refractivity contribution in [3.05, 3.63) is 36.5 Å². The summed E-state index contributed by atoms with van der Waals surface area (Å²) in [6.45, 7) is 0. The average Bonchev–Trinajstić information content (AvgIpc) is 2.64. The molecule has 6 nitrogen and oxygen atoms in total. The zero-order valence-corrected chi connectivity index (χ0v) is 9.05. The Bertz CT molecular complexity index is 601. The second-order valence-corrected chi connectivity index (χ2v) is 4.79. The summed E-state index contributed by atoms with van der Waals surface area (Å²) < 4.78 is 23.6. The Labute approximate surface area is 92.5 Å². The van der Waals surface area contributed by atoms with Gasteiger partial charge in [0.25, 0.3) is 0 Å². The van der Waals surface area contributed by atoms with E-state index < -0.39 is 10.0 Å². The Morgan fingerprint density at radius 2 is 1.75 bits per heavy atom. The van der Waals surface area contributed by atoms with Crippen LogP contribution >= 0.6 is 0 Å². The normalized spacial score (nSPS) is 11.6. The lowest BCUT2D eigenvalue weighted by atomic mass is 10.3. The Balaban J connectivity index is 2.40. The first-order valence-corrected chi connectivity index (χ1v) is 5.96. The lowest BCUT2D eigenvalue weighted by Crippen LogP contribution is -2.12. The molecular weight excluding hydrogens is 228 g/mol. The first-order valence-electron chi connectivity index (χ1n) is 4.41. The molecule has 1 heterocycles. The quantitative estimate of drug-likeness (QED) is 0.774. The predicted octanol–water partition coefficient (Wildman–Crippen LogP) is 0.102. The van der Waals surface area contributed by atoms with Gasteiger partial charge in [-0.15, -0.1) is 0 Å². The SMILES string of the molecule is Nc1ccn(-c2ccc(S(N)(=O)=O)cc2)n1. The van der Waals surface area contributed by atoms with Gasteiger partial charge in [-0.1, -0.05) is 0 Å². The first-order chi connectivity index (χ1) is 7.47. The van der Waals surface area contributed by atoms with Crippen LogP contribution in [0.15, 0.2) is 41.4 Å². The zero-order chi connectivity index (χ0) is 11.8. The lowest BCUT2D eigenvalue weighted by molar-refractivity contribution is 0.598. The van der Waals surface area contributed by atoms with E-state index in [0.717, 1.165) is 0 Å². The molecule has 0 amide bonds. The maximum Gasteiger partial charge on any atom is 0.238 e. The van der Waals surface area contributed by atoms with E-state index >= 15 is 0 Å². The van der Waals surface area contributed by atoms with Gasteiger partial charge in [0.2, 0.25) is 10.0 Å². The summed E-state index contributed by atoms with van der Waals surface area (Å²) in [5.74, 6) is 0.399. The summed E-state index contributed by atoms with van der Waals surface area (Å²) in [5.41, 5.74) is 6.18. The molecule has 0 aliphatic rings. The molecule has 2 rings (SSSR count). The number of hydrogen-bond acceptors (Lipinski definition) is 4. The Morgan fingerprint density at radius 1 is 1.12 bits per heavy atom. The fourth-order valence-corrected chi connectivity index (χ4v) is 1.79. The fraction of sp³-hybridized carbons (Fsp3) is 0. The maximum atomic E-state index is 11.0. The summed E-state index contributed by atoms with van der Waals surface area (Å²) in [6, 6.07) is 7.69. The second-order valence-electron chi connectivity index (χ2n) is 3.22. The number of anilines is 1. The first kappa shape index (κ1) is 10.7. The van der Waals surface area contributed by atoms with Gasteiger partial charge in [-0.2, -0.15) is 5.10 Å². The van der Waals surface area contributed by atoms with E-state index in [1.807, 2.05) is 0 Å². The Hall–Kier alpha value is -1.86. The molecule has 4 N–H and O–H groups in total. The summed E-state index contributed by atoms with van der Waals surface area (Å²) in [7, 11) is -3.65. The van der Waals surface area contributed by atoms with Gasteiger partial charge in [0.05, 0.1) is 10.6 Å². The van der Waals surface area contributed by atoms with Gasteiger partial charge in [-0.05, 0) is 24.3 Å². The van der Waals surface area contributed by atoms with Gasteiger partial charge in [-0.3, -0.25) is 0 Å². The molecule has 0 atom stereocenters. The number of benzene rings is 1. The van der Waals surface area contributed by atoms with Gasteiger partial charge in [0, 0.05) is 12.3 Å². The van der Waals surface area contributed by atoms with Gasteiger partial charge in [0.1, 0.15) is 5.82 Å². The fourth-order valence-electron chi connectivity index (χ4n) is 1.27. The molecule has 0 unspecified atom stereocenters. The largest absolute Gasteiger partial charge is 0.382 e. The highest BCUT2D eigenvalue weighted by Gasteiger charge is 2.07. The summed E-state index contributed by atoms with van der Waals surface area (Å²) in [6.07, 6.45) is 1.68. The van der Waals surface area contributed by atoms with Crippen LogP contribution in [0.5, 0.6) is 0 Å². The van der Waals surface area contributed by atoms with Crippen LogP contribution < -0.4 is 10.9 Å². The molecule has 0 saturated heterocycles. The van der Waals surface area contributed by atoms with Crippen LogP contribution in [0, 0.1) is 0 Å². The van der Waals surface area contributed by atoms with Crippen LogP contribution in [0.2, 0.25) is 0 Å². The number of sulfonamides is 1. The number of hydrogen-bond donors (Lipinski definition) is 2. The van der Waals surface area contributed by atoms with Crippen molar-refractivity contribution in [1.82, 2.24) is 9.78 Å². The van der Waals surface area contributed by atoms with E-state index in [9.17, 15) is 8.42 Å². The molecule has 0 fully saturated rings. The van der Waals surface area contributed by atoms with E-state index in [1.165, 1.54) is 12.1 Å². The van der Waals surface area contributed by atoms with Crippen LogP contribution in [0.25, 0.3) is 5.69 Å². The van der Waals surface area contributed by atoms with Gasteiger partial charge in [0.15, 0.2) is 0 Å². The van der Waals surface area contributed by atoms with Crippen LogP contribution in [-0.4, -0.2) is 18.2 Å². The maximum absolute atomic E-state index is 11.0. The minimum atomic E-state index is -3.65. The molecule has 1 aromatic carbocycles. The van der Waals surface area contributed by atoms with E-state index in [-0.39, 0.29) is 4.90 Å². The number of nitrogens with two attached hydrogens (primary N) is 2. The Kier molecular flexibility index (Phi) is 2.41. The summed E-state index contributed by atoms with van der Waals surface area (Å²) in [4.78, 5) is 0.0661. The highest BCUT2D eigenvalue weighted by Crippen LogP contribution is 2.12. The van der Waals surface area contributed by atoms with Gasteiger partial charge >= 0.3 is 0 Å². The van der Waals surface area contributed by atoms with Crippen molar-refractivity contribution < 1.29 is 8.42 Å². The molecule has 0 aliphatic carbocycles. The molecule has 16 heavy (non-hydrogen) atoms. The number of nitrogens with zero attached hydrogens (tertiary/aromatic N) is 2. The molecule has 0 bridgehead atoms. The monoisotopic (exact) mass is 238 g/mol. The van der Waals surface area contributed by atoms with Crippen LogP contribution in [-0.2, 0) is 10.0 Å². The minimum Gasteiger partial charge on any atom is -0.382 e. The van der Waals surface area contributed by atoms with Crippen molar-refractivity contribution in [2.24, 2.45) is 5.14 Å². The number of primary sulfonamides is 1. The summed E-state index contributed by atoms with van der Waals surface area (Å²) >= 11 is 0. The zero-order valence-electron chi connectivity index (χ0n) is 8.24. The topological polar surface area (TPSA) is 104 Å². The van der Waals surface area contributed by atoms with Gasteiger partial charge in [-0.25, -0.2) is 18.2 Å². The van der Waals surface area contributed by atoms with Crippen molar-refractivity contribution in [3.8, 4) is 5.69 Å². The summed E-state index contributed by atoms with van der Waals surface area (Å²) in [5, 5.41) is 8.97. The molecule has 7 heteroatoms. The van der Waals surface area contributed by atoms with E-state index in [0.29, 0.717) is 11.5 Å². The van der Waals surface area contributed by atoms with Gasteiger partial charge < -0.3 is 5.73 Å². The van der Waals surface area contributed by atoms with Crippen molar-refractivity contribution in [3.63, 3.8) is 0 Å². The standard InChI is InChI=1S/C9H10N4O2S/c10-9-5-6-13(12-9)7-1-3-8(4-2-7)16(11,14)15/h1-6H,(H2,10,12)(H2,11,14,15). The third kappa shape index (κ3) is 2.05. The third-order valence-electron chi connectivity index (χ3n) is 2.04. The van der Waals surface area contributed by atoms with E-state index in [2.05, 4.69) is 5.10 Å². The average molecular weight is 238 g/mol. The van der Waals surface area contributed by atoms with Crippen molar-refractivity contribution >= 4 is 15.8 Å². The van der Waals surface area contributed by atoms with E-state index in [4.69, 9.17) is 10.9 Å². The molecule has 0 aliphatic heterocycles. The van der Waals surface area contributed by atoms with Crippen LogP contribution in [0.4, 0.5) is 5.82 Å². The predicted molar refractivity (Wildman–Crippen MR) is 59.3 cm³/mol. The molecule has 84 valence electrons. The van der Waals surface area contributed by atoms with Crippen molar-refractivity contribution in [2.45, 2.75) is 4.90 Å². The highest BCUT2D eigenvalue weighted by molar-refractivity contribution is 7.89. The smallest absolute Gasteiger partial charge is 0.238 e. The molecule has 0 radical (unpaired) electrons. The highest BCUT2D eigenvalue weighted by atomic mass is 32.2. The molecule has 0 spiro atoms. The van der Waals surface area contributed by atoms with E-state index in [1.54, 1.807) is 29.1 Å². The number of nitrogen functional groups attached to an aromatic ring is 1. The van der Waals surface area contributed by atoms with Crippen LogP contribution in [0.3, 0.4) is 0 Å². The number of rotatable bonds is 2. The lowest BCUT2D eigenvalue weighted by Gasteiger charge is -2.02. The Morgan fingerprint density at radius 3 is 2.19 bits per heavy atom. The molecule has 0 saturated carbocycles.